The molecule has 31 heavy (non-hydrogen) atoms. The molecule has 0 spiro atoms. The number of aromatic nitrogens is 1. The van der Waals surface area contributed by atoms with Crippen LogP contribution in [-0.2, 0) is 0 Å². The van der Waals surface area contributed by atoms with Crippen LogP contribution in [0.4, 0.5) is 5.69 Å². The molecule has 1 heterocycles. The Labute approximate surface area is 189 Å². The maximum atomic E-state index is 13.6. The topological polar surface area (TPSA) is 33.2 Å². The summed E-state index contributed by atoms with van der Waals surface area (Å²) in [6.45, 7) is 0. The molecule has 1 amide bonds. The van der Waals surface area contributed by atoms with Crippen LogP contribution in [0.3, 0.4) is 0 Å². The van der Waals surface area contributed by atoms with Gasteiger partial charge in [0.15, 0.2) is 0 Å². The van der Waals surface area contributed by atoms with E-state index in [0.717, 1.165) is 32.1 Å². The maximum absolute atomic E-state index is 13.6. The van der Waals surface area contributed by atoms with E-state index in [4.69, 9.17) is 0 Å². The highest BCUT2D eigenvalue weighted by atomic mass is 79.9. The fraction of sp³-hybridized carbons (Fsp3) is 0.0370. The zero-order valence-electron chi connectivity index (χ0n) is 16.9. The number of carbonyl (C=O) groups is 1. The molecule has 4 heteroatoms. The summed E-state index contributed by atoms with van der Waals surface area (Å²) in [4.78, 5) is 19.8. The van der Waals surface area contributed by atoms with Crippen molar-refractivity contribution in [1.29, 1.82) is 0 Å². The molecule has 1 aromatic heterocycles. The van der Waals surface area contributed by atoms with Gasteiger partial charge in [-0.2, -0.15) is 0 Å². The Bertz CT molecular complexity index is 1440. The second kappa shape index (κ2) is 7.97. The molecule has 0 bridgehead atoms. The predicted octanol–water partition coefficient (Wildman–Crippen LogP) is 7.09. The van der Waals surface area contributed by atoms with E-state index in [1.54, 1.807) is 11.1 Å². The van der Waals surface area contributed by atoms with Gasteiger partial charge in [-0.05, 0) is 40.6 Å². The molecule has 0 aliphatic rings. The van der Waals surface area contributed by atoms with Crippen molar-refractivity contribution in [3.8, 4) is 11.1 Å². The molecule has 5 aromatic rings. The van der Waals surface area contributed by atoms with Crippen molar-refractivity contribution in [2.75, 3.05) is 11.9 Å². The highest BCUT2D eigenvalue weighted by Gasteiger charge is 2.21. The molecule has 0 atom stereocenters. The van der Waals surface area contributed by atoms with Crippen LogP contribution in [-0.4, -0.2) is 17.9 Å². The van der Waals surface area contributed by atoms with E-state index in [2.05, 4.69) is 57.3 Å². The van der Waals surface area contributed by atoms with Gasteiger partial charge >= 0.3 is 0 Å². The molecule has 5 rings (SSSR count). The number of hydrogen-bond acceptors (Lipinski definition) is 2. The van der Waals surface area contributed by atoms with Crippen LogP contribution < -0.4 is 4.90 Å². The first-order valence-corrected chi connectivity index (χ1v) is 10.8. The lowest BCUT2D eigenvalue weighted by Gasteiger charge is -2.22. The number of pyridine rings is 1. The SMILES string of the molecule is CN(C(=O)c1ccc(Br)c2cccnc12)c1ccccc1-c1cccc2ccccc12. The van der Waals surface area contributed by atoms with Crippen LogP contribution in [0.15, 0.2) is 102 Å². The highest BCUT2D eigenvalue weighted by molar-refractivity contribution is 9.10. The molecule has 4 aromatic carbocycles. The summed E-state index contributed by atoms with van der Waals surface area (Å²) in [7, 11) is 1.82. The molecule has 150 valence electrons. The summed E-state index contributed by atoms with van der Waals surface area (Å²) in [6.07, 6.45) is 1.72. The normalized spacial score (nSPS) is 11.0. The first-order chi connectivity index (χ1) is 15.1. The number of carbonyl (C=O) groups excluding carboxylic acids is 1. The Morgan fingerprint density at radius 2 is 1.48 bits per heavy atom. The van der Waals surface area contributed by atoms with Crippen molar-refractivity contribution >= 4 is 49.2 Å². The van der Waals surface area contributed by atoms with Gasteiger partial charge in [-0.15, -0.1) is 0 Å². The minimum atomic E-state index is -0.0936. The summed E-state index contributed by atoms with van der Waals surface area (Å²) in [5.74, 6) is -0.0936. The van der Waals surface area contributed by atoms with Crippen molar-refractivity contribution in [3.63, 3.8) is 0 Å². The minimum Gasteiger partial charge on any atom is -0.311 e. The summed E-state index contributed by atoms with van der Waals surface area (Å²) in [5.41, 5.74) is 4.25. The zero-order valence-corrected chi connectivity index (χ0v) is 18.5. The Kier molecular flexibility index (Phi) is 5.00. The Morgan fingerprint density at radius 1 is 0.774 bits per heavy atom. The lowest BCUT2D eigenvalue weighted by Crippen LogP contribution is -2.27. The minimum absolute atomic E-state index is 0.0936. The monoisotopic (exact) mass is 466 g/mol. The van der Waals surface area contributed by atoms with Crippen molar-refractivity contribution in [2.24, 2.45) is 0 Å². The number of fused-ring (bicyclic) bond motifs is 2. The number of halogens is 1. The standard InChI is InChI=1S/C27H19BrN2O/c1-30(27(31)23-15-16-24(28)22-13-7-17-29-26(22)23)25-14-5-4-11-21(25)20-12-6-9-18-8-2-3-10-19(18)20/h2-17H,1H3. The second-order valence-corrected chi connectivity index (χ2v) is 8.26. The summed E-state index contributed by atoms with van der Waals surface area (Å²) < 4.78 is 0.922. The molecule has 0 radical (unpaired) electrons. The molecule has 0 aliphatic heterocycles. The van der Waals surface area contributed by atoms with Gasteiger partial charge in [0.2, 0.25) is 0 Å². The van der Waals surface area contributed by atoms with Crippen LogP contribution >= 0.6 is 15.9 Å². The molecular formula is C27H19BrN2O. The number of nitrogens with zero attached hydrogens (tertiary/aromatic N) is 2. The Balaban J connectivity index is 1.64. The van der Waals surface area contributed by atoms with Gasteiger partial charge in [-0.1, -0.05) is 82.7 Å². The van der Waals surface area contributed by atoms with E-state index in [1.807, 2.05) is 61.6 Å². The zero-order chi connectivity index (χ0) is 21.4. The number of anilines is 1. The van der Waals surface area contributed by atoms with Crippen LogP contribution in [0.2, 0.25) is 0 Å². The lowest BCUT2D eigenvalue weighted by atomic mass is 9.96. The summed E-state index contributed by atoms with van der Waals surface area (Å²) in [5, 5.41) is 3.25. The third-order valence-electron chi connectivity index (χ3n) is 5.60. The average Bonchev–Trinajstić information content (AvgIpc) is 2.83. The van der Waals surface area contributed by atoms with Gasteiger partial charge in [0, 0.05) is 28.7 Å². The summed E-state index contributed by atoms with van der Waals surface area (Å²) in [6, 6.07) is 30.2. The van der Waals surface area contributed by atoms with Gasteiger partial charge in [0.1, 0.15) is 0 Å². The van der Waals surface area contributed by atoms with Crippen molar-refractivity contribution in [3.05, 3.63) is 107 Å². The fourth-order valence-corrected chi connectivity index (χ4v) is 4.51. The van der Waals surface area contributed by atoms with Crippen molar-refractivity contribution in [2.45, 2.75) is 0 Å². The lowest BCUT2D eigenvalue weighted by molar-refractivity contribution is 0.0994. The largest absolute Gasteiger partial charge is 0.311 e. The van der Waals surface area contributed by atoms with E-state index < -0.39 is 0 Å². The smallest absolute Gasteiger partial charge is 0.260 e. The molecule has 0 saturated carbocycles. The van der Waals surface area contributed by atoms with Crippen LogP contribution in [0, 0.1) is 0 Å². The number of para-hydroxylation sites is 1. The number of hydrogen-bond donors (Lipinski definition) is 0. The quantitative estimate of drug-likeness (QED) is 0.284. The van der Waals surface area contributed by atoms with Crippen molar-refractivity contribution < 1.29 is 4.79 Å². The highest BCUT2D eigenvalue weighted by Crippen LogP contribution is 2.36. The molecule has 0 unspecified atom stereocenters. The van der Waals surface area contributed by atoms with Gasteiger partial charge < -0.3 is 4.90 Å². The molecule has 0 fully saturated rings. The predicted molar refractivity (Wildman–Crippen MR) is 132 cm³/mol. The van der Waals surface area contributed by atoms with E-state index in [1.165, 1.54) is 5.39 Å². The van der Waals surface area contributed by atoms with E-state index in [-0.39, 0.29) is 5.91 Å². The van der Waals surface area contributed by atoms with E-state index in [0.29, 0.717) is 11.1 Å². The first-order valence-electron chi connectivity index (χ1n) is 10.0. The molecular weight excluding hydrogens is 448 g/mol. The molecule has 3 nitrogen and oxygen atoms in total. The Hall–Kier alpha value is -3.50. The molecule has 0 saturated heterocycles. The van der Waals surface area contributed by atoms with E-state index in [9.17, 15) is 4.79 Å². The number of amides is 1. The van der Waals surface area contributed by atoms with Gasteiger partial charge in [0.05, 0.1) is 16.8 Å². The number of benzene rings is 4. The first kappa shape index (κ1) is 19.5. The fourth-order valence-electron chi connectivity index (χ4n) is 4.05. The van der Waals surface area contributed by atoms with Gasteiger partial charge in [-0.3, -0.25) is 9.78 Å². The van der Waals surface area contributed by atoms with Crippen LogP contribution in [0.5, 0.6) is 0 Å². The maximum Gasteiger partial charge on any atom is 0.260 e. The van der Waals surface area contributed by atoms with Crippen LogP contribution in [0.25, 0.3) is 32.8 Å². The molecule has 0 N–H and O–H groups in total. The van der Waals surface area contributed by atoms with Gasteiger partial charge in [-0.25, -0.2) is 0 Å². The third-order valence-corrected chi connectivity index (χ3v) is 6.29. The second-order valence-electron chi connectivity index (χ2n) is 7.40. The third kappa shape index (κ3) is 3.39. The Morgan fingerprint density at radius 3 is 2.39 bits per heavy atom. The summed E-state index contributed by atoms with van der Waals surface area (Å²) >= 11 is 3.56. The van der Waals surface area contributed by atoms with Crippen LogP contribution in [0.1, 0.15) is 10.4 Å². The van der Waals surface area contributed by atoms with E-state index >= 15 is 0 Å². The van der Waals surface area contributed by atoms with Crippen molar-refractivity contribution in [1.82, 2.24) is 4.98 Å². The molecule has 0 aliphatic carbocycles. The number of rotatable bonds is 3. The van der Waals surface area contributed by atoms with Gasteiger partial charge in [0.25, 0.3) is 5.91 Å². The average molecular weight is 467 g/mol.